The molecule has 2 aromatic rings. The van der Waals surface area contributed by atoms with Crippen molar-refractivity contribution in [3.63, 3.8) is 0 Å². The van der Waals surface area contributed by atoms with E-state index in [2.05, 4.69) is 17.4 Å². The molecule has 2 N–H and O–H groups in total. The number of nitrogens with one attached hydrogen (secondary N) is 1. The van der Waals surface area contributed by atoms with Gasteiger partial charge in [0.25, 0.3) is 0 Å². The molecule has 4 atom stereocenters. The number of benzene rings is 2. The Balaban J connectivity index is 1.28. The second-order valence-electron chi connectivity index (χ2n) is 9.08. The van der Waals surface area contributed by atoms with Gasteiger partial charge >= 0.3 is 12.1 Å². The van der Waals surface area contributed by atoms with E-state index >= 15 is 0 Å². The fourth-order valence-corrected chi connectivity index (χ4v) is 5.59. The number of aliphatic carboxylic acids is 1. The highest BCUT2D eigenvalue weighted by molar-refractivity contribution is 5.90. The van der Waals surface area contributed by atoms with Crippen molar-refractivity contribution in [1.82, 2.24) is 10.2 Å². The maximum Gasteiger partial charge on any atom is 0.407 e. The molecular weight excluding hydrogens is 452 g/mol. The van der Waals surface area contributed by atoms with Crippen LogP contribution in [0.25, 0.3) is 11.1 Å². The smallest absolute Gasteiger partial charge is 0.407 e. The van der Waals surface area contributed by atoms with Crippen LogP contribution in [0.2, 0.25) is 0 Å². The Bertz CT molecular complexity index is 1090. The lowest BCUT2D eigenvalue weighted by molar-refractivity contribution is -0.151. The van der Waals surface area contributed by atoms with Gasteiger partial charge in [-0.3, -0.25) is 4.79 Å². The van der Waals surface area contributed by atoms with Gasteiger partial charge in [-0.2, -0.15) is 0 Å². The maximum atomic E-state index is 13.4. The molecule has 1 aliphatic carbocycles. The van der Waals surface area contributed by atoms with E-state index in [0.29, 0.717) is 13.0 Å². The van der Waals surface area contributed by atoms with Gasteiger partial charge in [0.2, 0.25) is 5.91 Å². The monoisotopic (exact) mass is 480 g/mol. The Morgan fingerprint density at radius 3 is 2.40 bits per heavy atom. The number of carbonyl (C=O) groups excluding carboxylic acids is 2. The number of hydrogen-bond acceptors (Lipinski definition) is 6. The molecule has 9 nitrogen and oxygen atoms in total. The van der Waals surface area contributed by atoms with Crippen LogP contribution < -0.4 is 5.32 Å². The predicted octanol–water partition coefficient (Wildman–Crippen LogP) is 2.38. The number of methoxy groups -OCH3 is 1. The molecule has 184 valence electrons. The minimum atomic E-state index is -1.09. The molecule has 3 aliphatic rings. The van der Waals surface area contributed by atoms with E-state index in [4.69, 9.17) is 14.2 Å². The van der Waals surface area contributed by atoms with E-state index < -0.39 is 30.1 Å². The zero-order valence-corrected chi connectivity index (χ0v) is 19.4. The number of carboxylic acid groups (broad SMARTS) is 1. The molecule has 0 aromatic heterocycles. The van der Waals surface area contributed by atoms with Gasteiger partial charge in [0.1, 0.15) is 18.7 Å². The lowest BCUT2D eigenvalue weighted by atomic mass is 9.98. The summed E-state index contributed by atoms with van der Waals surface area (Å²) in [6, 6.07) is 13.6. The molecule has 0 spiro atoms. The second-order valence-corrected chi connectivity index (χ2v) is 9.08. The van der Waals surface area contributed by atoms with Crippen LogP contribution in [0.3, 0.4) is 0 Å². The van der Waals surface area contributed by atoms with Crippen molar-refractivity contribution < 1.29 is 33.7 Å². The van der Waals surface area contributed by atoms with Crippen molar-refractivity contribution in [1.29, 1.82) is 0 Å². The molecule has 2 heterocycles. The first-order valence-electron chi connectivity index (χ1n) is 11.8. The number of likely N-dealkylation sites (tertiary alicyclic amines) is 1. The quantitative estimate of drug-likeness (QED) is 0.625. The Morgan fingerprint density at radius 2 is 1.77 bits per heavy atom. The molecule has 1 unspecified atom stereocenters. The molecule has 2 amide bonds. The first-order chi connectivity index (χ1) is 17.0. The number of carboxylic acids is 1. The van der Waals surface area contributed by atoms with Crippen LogP contribution in [-0.4, -0.2) is 79.1 Å². The van der Waals surface area contributed by atoms with Crippen LogP contribution in [0.1, 0.15) is 29.9 Å². The van der Waals surface area contributed by atoms with E-state index in [9.17, 15) is 19.5 Å². The second kappa shape index (κ2) is 9.67. The largest absolute Gasteiger partial charge is 0.480 e. The minimum absolute atomic E-state index is 0.105. The summed E-state index contributed by atoms with van der Waals surface area (Å²) in [6.45, 7) is 0.470. The van der Waals surface area contributed by atoms with E-state index in [1.807, 2.05) is 36.4 Å². The average Bonchev–Trinajstić information content (AvgIpc) is 3.54. The Hall–Kier alpha value is -3.43. The highest BCUT2D eigenvalue weighted by Gasteiger charge is 2.51. The maximum absolute atomic E-state index is 13.4. The molecule has 0 saturated carbocycles. The van der Waals surface area contributed by atoms with Crippen molar-refractivity contribution in [2.45, 2.75) is 43.0 Å². The third-order valence-corrected chi connectivity index (χ3v) is 7.13. The Kier molecular flexibility index (Phi) is 6.44. The topological polar surface area (TPSA) is 114 Å². The summed E-state index contributed by atoms with van der Waals surface area (Å²) in [6.07, 6.45) is -0.272. The van der Waals surface area contributed by atoms with Gasteiger partial charge in [0.05, 0.1) is 18.8 Å². The normalized spacial score (nSPS) is 23.3. The molecule has 0 bridgehead atoms. The summed E-state index contributed by atoms with van der Waals surface area (Å²) in [5.74, 6) is -1.71. The summed E-state index contributed by atoms with van der Waals surface area (Å²) < 4.78 is 16.4. The van der Waals surface area contributed by atoms with E-state index in [1.54, 1.807) is 0 Å². The number of nitrogens with zero attached hydrogens (tertiary/aromatic N) is 1. The van der Waals surface area contributed by atoms with Crippen LogP contribution in [0.15, 0.2) is 48.5 Å². The molecule has 2 saturated heterocycles. The van der Waals surface area contributed by atoms with Crippen molar-refractivity contribution in [3.8, 4) is 11.1 Å². The van der Waals surface area contributed by atoms with Crippen LogP contribution >= 0.6 is 0 Å². The van der Waals surface area contributed by atoms with Crippen molar-refractivity contribution in [2.24, 2.45) is 0 Å². The zero-order chi connectivity index (χ0) is 24.5. The lowest BCUT2D eigenvalue weighted by Crippen LogP contribution is -2.56. The van der Waals surface area contributed by atoms with Crippen molar-refractivity contribution >= 4 is 18.0 Å². The number of rotatable bonds is 7. The van der Waals surface area contributed by atoms with Gasteiger partial charge in [-0.25, -0.2) is 9.59 Å². The van der Waals surface area contributed by atoms with Crippen molar-refractivity contribution in [3.05, 3.63) is 59.7 Å². The molecular formula is C26H28N2O7. The summed E-state index contributed by atoms with van der Waals surface area (Å²) in [5.41, 5.74) is 4.40. The van der Waals surface area contributed by atoms with Gasteiger partial charge in [-0.15, -0.1) is 0 Å². The minimum Gasteiger partial charge on any atom is -0.480 e. The number of alkyl carbamates (subject to hydrolysis) is 1. The summed E-state index contributed by atoms with van der Waals surface area (Å²) >= 11 is 0. The summed E-state index contributed by atoms with van der Waals surface area (Å²) in [7, 11) is 1.42. The third-order valence-electron chi connectivity index (χ3n) is 7.13. The predicted molar refractivity (Wildman–Crippen MR) is 125 cm³/mol. The highest BCUT2D eigenvalue weighted by Crippen LogP contribution is 2.44. The zero-order valence-electron chi connectivity index (χ0n) is 19.4. The van der Waals surface area contributed by atoms with Crippen molar-refractivity contribution in [2.75, 3.05) is 26.9 Å². The van der Waals surface area contributed by atoms with Gasteiger partial charge < -0.3 is 29.5 Å². The Morgan fingerprint density at radius 1 is 1.11 bits per heavy atom. The summed E-state index contributed by atoms with van der Waals surface area (Å²) in [4.78, 5) is 39.3. The first kappa shape index (κ1) is 23.3. The fourth-order valence-electron chi connectivity index (χ4n) is 5.59. The lowest BCUT2D eigenvalue weighted by Gasteiger charge is -2.30. The molecule has 2 fully saturated rings. The van der Waals surface area contributed by atoms with Gasteiger partial charge in [0, 0.05) is 26.1 Å². The van der Waals surface area contributed by atoms with Crippen LogP contribution in [0, 0.1) is 0 Å². The van der Waals surface area contributed by atoms with E-state index in [0.717, 1.165) is 22.3 Å². The molecule has 35 heavy (non-hydrogen) atoms. The van der Waals surface area contributed by atoms with E-state index in [-0.39, 0.29) is 37.7 Å². The fraction of sp³-hybridized carbons (Fsp3) is 0.423. The van der Waals surface area contributed by atoms with E-state index in [1.165, 1.54) is 12.0 Å². The Labute approximate surface area is 203 Å². The van der Waals surface area contributed by atoms with Gasteiger partial charge in [0.15, 0.2) is 0 Å². The molecule has 5 rings (SSSR count). The first-order valence-corrected chi connectivity index (χ1v) is 11.8. The molecule has 2 aliphatic heterocycles. The third kappa shape index (κ3) is 4.26. The number of fused-ring (bicyclic) bond motifs is 4. The van der Waals surface area contributed by atoms with Gasteiger partial charge in [-0.05, 0) is 28.7 Å². The summed E-state index contributed by atoms with van der Waals surface area (Å²) in [5, 5.41) is 12.2. The molecule has 0 radical (unpaired) electrons. The molecule has 9 heteroatoms. The number of carbonyl (C=O) groups is 3. The standard InChI is InChI=1S/C26H28N2O7/c1-33-14-20(24(29)28-21-10-11-34-23(21)12-22(28)25(30)31)27-26(32)35-13-19-17-8-4-2-6-15(17)16-7-3-5-9-18(16)19/h2-9,19-23H,10-14H2,1H3,(H,27,32)(H,30,31)/t20-,21-,22?,23-/m0/s1. The molecule has 2 aromatic carbocycles. The van der Waals surface area contributed by atoms with Gasteiger partial charge in [-0.1, -0.05) is 48.5 Å². The average molecular weight is 481 g/mol. The highest BCUT2D eigenvalue weighted by atomic mass is 16.5. The number of hydrogen-bond donors (Lipinski definition) is 2. The number of ether oxygens (including phenoxy) is 3. The number of amides is 2. The SMILES string of the molecule is COC[C@H](NC(=O)OCC1c2ccccc2-c2ccccc21)C(=O)N1C(C(=O)O)C[C@@H]2OCC[C@@H]21. The van der Waals surface area contributed by atoms with Crippen LogP contribution in [0.5, 0.6) is 0 Å². The van der Waals surface area contributed by atoms with Crippen LogP contribution in [-0.2, 0) is 23.8 Å². The van der Waals surface area contributed by atoms with Crippen LogP contribution in [0.4, 0.5) is 4.79 Å².